The zero-order valence-electron chi connectivity index (χ0n) is 11.1. The standard InChI is InChI=1S/C15H19N3/c1-3-8-13-16-14(9-4-2)18-15(17-13)12-10-6-5-7-11-12/h5-7,10-11H,3-4,8-9H2,1-2H3. The third-order valence-electron chi connectivity index (χ3n) is 2.71. The van der Waals surface area contributed by atoms with Crippen molar-refractivity contribution in [3.63, 3.8) is 0 Å². The lowest BCUT2D eigenvalue weighted by molar-refractivity contribution is 0.758. The molecule has 1 aromatic carbocycles. The van der Waals surface area contributed by atoms with Gasteiger partial charge in [0.15, 0.2) is 5.82 Å². The van der Waals surface area contributed by atoms with Gasteiger partial charge in [-0.1, -0.05) is 44.2 Å². The molecule has 1 heterocycles. The van der Waals surface area contributed by atoms with Gasteiger partial charge < -0.3 is 0 Å². The maximum absolute atomic E-state index is 4.55. The average molecular weight is 241 g/mol. The molecular formula is C15H19N3. The Hall–Kier alpha value is -1.77. The molecule has 0 spiro atoms. The lowest BCUT2D eigenvalue weighted by atomic mass is 10.2. The van der Waals surface area contributed by atoms with Crippen LogP contribution in [0.1, 0.15) is 38.3 Å². The lowest BCUT2D eigenvalue weighted by Gasteiger charge is -2.06. The van der Waals surface area contributed by atoms with Crippen LogP contribution in [0, 0.1) is 0 Å². The number of hydrogen-bond donors (Lipinski definition) is 0. The molecule has 94 valence electrons. The number of rotatable bonds is 5. The van der Waals surface area contributed by atoms with Crippen molar-refractivity contribution >= 4 is 0 Å². The summed E-state index contributed by atoms with van der Waals surface area (Å²) in [6.45, 7) is 4.29. The Morgan fingerprint density at radius 1 is 0.778 bits per heavy atom. The second-order valence-electron chi connectivity index (χ2n) is 4.36. The number of hydrogen-bond acceptors (Lipinski definition) is 3. The largest absolute Gasteiger partial charge is 0.218 e. The first-order chi connectivity index (χ1) is 8.83. The van der Waals surface area contributed by atoms with E-state index < -0.39 is 0 Å². The van der Waals surface area contributed by atoms with Crippen LogP contribution in [0.3, 0.4) is 0 Å². The predicted molar refractivity (Wildman–Crippen MR) is 73.3 cm³/mol. The Kier molecular flexibility index (Phi) is 4.40. The molecule has 3 nitrogen and oxygen atoms in total. The van der Waals surface area contributed by atoms with Gasteiger partial charge in [0.05, 0.1) is 0 Å². The molecule has 0 saturated carbocycles. The van der Waals surface area contributed by atoms with Crippen molar-refractivity contribution in [2.75, 3.05) is 0 Å². The van der Waals surface area contributed by atoms with Gasteiger partial charge in [0.25, 0.3) is 0 Å². The van der Waals surface area contributed by atoms with Crippen LogP contribution in [0.4, 0.5) is 0 Å². The Labute approximate surface area is 108 Å². The van der Waals surface area contributed by atoms with E-state index in [2.05, 4.69) is 28.8 Å². The van der Waals surface area contributed by atoms with Crippen molar-refractivity contribution in [1.29, 1.82) is 0 Å². The van der Waals surface area contributed by atoms with Crippen LogP contribution in [0.5, 0.6) is 0 Å². The molecule has 0 aliphatic carbocycles. The molecule has 0 radical (unpaired) electrons. The minimum Gasteiger partial charge on any atom is -0.218 e. The molecule has 0 bridgehead atoms. The minimum atomic E-state index is 0.803. The molecule has 2 rings (SSSR count). The Morgan fingerprint density at radius 2 is 1.33 bits per heavy atom. The second kappa shape index (κ2) is 6.24. The van der Waals surface area contributed by atoms with Gasteiger partial charge in [-0.2, -0.15) is 0 Å². The van der Waals surface area contributed by atoms with Crippen LogP contribution in [0.25, 0.3) is 11.4 Å². The SMILES string of the molecule is CCCc1nc(CCC)nc(-c2ccccc2)n1. The molecule has 3 heteroatoms. The third kappa shape index (κ3) is 3.13. The molecule has 0 saturated heterocycles. The second-order valence-corrected chi connectivity index (χ2v) is 4.36. The third-order valence-corrected chi connectivity index (χ3v) is 2.71. The quantitative estimate of drug-likeness (QED) is 0.804. The van der Waals surface area contributed by atoms with Crippen molar-refractivity contribution in [3.05, 3.63) is 42.0 Å². The first kappa shape index (κ1) is 12.7. The fourth-order valence-electron chi connectivity index (χ4n) is 1.86. The van der Waals surface area contributed by atoms with Crippen LogP contribution in [0.2, 0.25) is 0 Å². The zero-order valence-corrected chi connectivity index (χ0v) is 11.1. The van der Waals surface area contributed by atoms with E-state index in [0.29, 0.717) is 0 Å². The highest BCUT2D eigenvalue weighted by Crippen LogP contribution is 2.15. The predicted octanol–water partition coefficient (Wildman–Crippen LogP) is 3.44. The van der Waals surface area contributed by atoms with Gasteiger partial charge in [-0.25, -0.2) is 15.0 Å². The molecular weight excluding hydrogens is 222 g/mol. The number of benzene rings is 1. The highest BCUT2D eigenvalue weighted by atomic mass is 15.0. The first-order valence-corrected chi connectivity index (χ1v) is 6.62. The van der Waals surface area contributed by atoms with Gasteiger partial charge in [-0.3, -0.25) is 0 Å². The van der Waals surface area contributed by atoms with Gasteiger partial charge in [-0.05, 0) is 12.8 Å². The Balaban J connectivity index is 2.39. The molecule has 0 aliphatic heterocycles. The van der Waals surface area contributed by atoms with Crippen LogP contribution >= 0.6 is 0 Å². The van der Waals surface area contributed by atoms with Crippen molar-refractivity contribution < 1.29 is 0 Å². The average Bonchev–Trinajstić information content (AvgIpc) is 2.40. The highest BCUT2D eigenvalue weighted by molar-refractivity contribution is 5.54. The normalized spacial score (nSPS) is 10.6. The summed E-state index contributed by atoms with van der Waals surface area (Å²) in [4.78, 5) is 13.6. The molecule has 18 heavy (non-hydrogen) atoms. The van der Waals surface area contributed by atoms with Crippen molar-refractivity contribution in [2.24, 2.45) is 0 Å². The molecule has 0 N–H and O–H groups in total. The van der Waals surface area contributed by atoms with Crippen molar-refractivity contribution in [3.8, 4) is 11.4 Å². The molecule has 0 aliphatic rings. The van der Waals surface area contributed by atoms with E-state index >= 15 is 0 Å². The summed E-state index contributed by atoms with van der Waals surface area (Å²) < 4.78 is 0. The van der Waals surface area contributed by atoms with Crippen LogP contribution in [-0.4, -0.2) is 15.0 Å². The van der Waals surface area contributed by atoms with Crippen molar-refractivity contribution in [1.82, 2.24) is 15.0 Å². The summed E-state index contributed by atoms with van der Waals surface area (Å²) in [5.74, 6) is 2.63. The first-order valence-electron chi connectivity index (χ1n) is 6.62. The van der Waals surface area contributed by atoms with Crippen LogP contribution in [0.15, 0.2) is 30.3 Å². The number of nitrogens with zero attached hydrogens (tertiary/aromatic N) is 3. The Bertz CT molecular complexity index is 470. The number of aromatic nitrogens is 3. The monoisotopic (exact) mass is 241 g/mol. The fourth-order valence-corrected chi connectivity index (χ4v) is 1.86. The number of aryl methyl sites for hydroxylation is 2. The smallest absolute Gasteiger partial charge is 0.163 e. The molecule has 0 fully saturated rings. The van der Waals surface area contributed by atoms with E-state index in [4.69, 9.17) is 0 Å². The minimum absolute atomic E-state index is 0.803. The van der Waals surface area contributed by atoms with Gasteiger partial charge in [0.2, 0.25) is 0 Å². The van der Waals surface area contributed by atoms with E-state index in [0.717, 1.165) is 48.7 Å². The van der Waals surface area contributed by atoms with Gasteiger partial charge in [0.1, 0.15) is 11.6 Å². The molecule has 0 unspecified atom stereocenters. The maximum Gasteiger partial charge on any atom is 0.163 e. The highest BCUT2D eigenvalue weighted by Gasteiger charge is 2.07. The van der Waals surface area contributed by atoms with E-state index in [1.54, 1.807) is 0 Å². The summed E-state index contributed by atoms with van der Waals surface area (Å²) in [5.41, 5.74) is 1.06. The topological polar surface area (TPSA) is 38.7 Å². The van der Waals surface area contributed by atoms with Gasteiger partial charge >= 0.3 is 0 Å². The van der Waals surface area contributed by atoms with Crippen LogP contribution in [-0.2, 0) is 12.8 Å². The van der Waals surface area contributed by atoms with E-state index in [1.807, 2.05) is 30.3 Å². The van der Waals surface area contributed by atoms with Gasteiger partial charge in [0, 0.05) is 18.4 Å². The molecule has 0 atom stereocenters. The fraction of sp³-hybridized carbons (Fsp3) is 0.400. The van der Waals surface area contributed by atoms with E-state index in [1.165, 1.54) is 0 Å². The summed E-state index contributed by atoms with van der Waals surface area (Å²) in [5, 5.41) is 0. The van der Waals surface area contributed by atoms with Crippen molar-refractivity contribution in [2.45, 2.75) is 39.5 Å². The zero-order chi connectivity index (χ0) is 12.8. The van der Waals surface area contributed by atoms with E-state index in [-0.39, 0.29) is 0 Å². The van der Waals surface area contributed by atoms with Crippen LogP contribution < -0.4 is 0 Å². The summed E-state index contributed by atoms with van der Waals surface area (Å²) in [6.07, 6.45) is 3.95. The van der Waals surface area contributed by atoms with E-state index in [9.17, 15) is 0 Å². The molecule has 2 aromatic rings. The molecule has 0 amide bonds. The summed E-state index contributed by atoms with van der Waals surface area (Å²) in [7, 11) is 0. The summed E-state index contributed by atoms with van der Waals surface area (Å²) >= 11 is 0. The summed E-state index contributed by atoms with van der Waals surface area (Å²) in [6, 6.07) is 10.1. The Morgan fingerprint density at radius 3 is 1.83 bits per heavy atom. The maximum atomic E-state index is 4.55. The lowest BCUT2D eigenvalue weighted by Crippen LogP contribution is -2.05. The molecule has 1 aromatic heterocycles. The van der Waals surface area contributed by atoms with Gasteiger partial charge in [-0.15, -0.1) is 0 Å².